The molecule has 3 rings (SSSR count). The lowest BCUT2D eigenvalue weighted by Gasteiger charge is -2.20. The molecule has 0 radical (unpaired) electrons. The van der Waals surface area contributed by atoms with Crippen molar-refractivity contribution >= 4 is 5.91 Å². The van der Waals surface area contributed by atoms with Crippen LogP contribution in [-0.2, 0) is 6.54 Å². The molecule has 2 aromatic rings. The van der Waals surface area contributed by atoms with Gasteiger partial charge in [0, 0.05) is 23.5 Å². The average molecular weight is 356 g/mol. The normalized spacial score (nSPS) is 13.7. The minimum absolute atomic E-state index is 0.215. The van der Waals surface area contributed by atoms with Gasteiger partial charge >= 0.3 is 0 Å². The third-order valence-corrected chi connectivity index (χ3v) is 4.95. The number of nitrogens with zero attached hydrogens (tertiary/aromatic N) is 1. The molecule has 0 aliphatic carbocycles. The van der Waals surface area contributed by atoms with E-state index in [-0.39, 0.29) is 5.41 Å². The van der Waals surface area contributed by atoms with Crippen LogP contribution < -0.4 is 15.2 Å². The summed E-state index contributed by atoms with van der Waals surface area (Å²) in [5.74, 6) is 1.05. The Morgan fingerprint density at radius 1 is 1.12 bits per heavy atom. The Balaban J connectivity index is 2.10. The van der Waals surface area contributed by atoms with Crippen LogP contribution in [0.4, 0.5) is 0 Å². The predicted molar refractivity (Wildman–Crippen MR) is 103 cm³/mol. The Morgan fingerprint density at radius 2 is 1.77 bits per heavy atom. The number of ether oxygens (including phenoxy) is 2. The Kier molecular flexibility index (Phi) is 4.74. The highest BCUT2D eigenvalue weighted by Crippen LogP contribution is 2.39. The van der Waals surface area contributed by atoms with Gasteiger partial charge in [-0.1, -0.05) is 26.8 Å². The smallest absolute Gasteiger partial charge is 0.251 e. The number of rotatable bonds is 4. The van der Waals surface area contributed by atoms with E-state index in [9.17, 15) is 4.79 Å². The van der Waals surface area contributed by atoms with Crippen molar-refractivity contribution in [1.29, 1.82) is 0 Å². The van der Waals surface area contributed by atoms with Gasteiger partial charge in [-0.15, -0.1) is 0 Å². The highest BCUT2D eigenvalue weighted by atomic mass is 16.6. The minimum Gasteiger partial charge on any atom is -0.486 e. The van der Waals surface area contributed by atoms with Crippen molar-refractivity contribution in [1.82, 2.24) is 4.57 Å². The number of benzene rings is 1. The highest BCUT2D eigenvalue weighted by Gasteiger charge is 2.24. The number of nitrogens with two attached hydrogens (primary N) is 1. The fourth-order valence-corrected chi connectivity index (χ4v) is 3.52. The Labute approximate surface area is 155 Å². The molecule has 0 fully saturated rings. The topological polar surface area (TPSA) is 66.5 Å². The monoisotopic (exact) mass is 356 g/mol. The van der Waals surface area contributed by atoms with E-state index in [2.05, 4.69) is 25.3 Å². The van der Waals surface area contributed by atoms with Crippen LogP contribution in [0, 0.1) is 19.3 Å². The van der Waals surface area contributed by atoms with Gasteiger partial charge in [-0.05, 0) is 43.4 Å². The number of carbonyl (C=O) groups excluding carboxylic acids is 1. The molecule has 1 aromatic carbocycles. The van der Waals surface area contributed by atoms with Gasteiger partial charge in [0.1, 0.15) is 13.2 Å². The summed E-state index contributed by atoms with van der Waals surface area (Å²) < 4.78 is 13.5. The van der Waals surface area contributed by atoms with Crippen molar-refractivity contribution in [2.24, 2.45) is 11.1 Å². The summed E-state index contributed by atoms with van der Waals surface area (Å²) in [6.07, 6.45) is 1.02. The lowest BCUT2D eigenvalue weighted by atomic mass is 9.92. The largest absolute Gasteiger partial charge is 0.486 e. The number of primary amides is 1. The number of hydrogen-bond donors (Lipinski definition) is 1. The van der Waals surface area contributed by atoms with E-state index in [4.69, 9.17) is 15.2 Å². The fourth-order valence-electron chi connectivity index (χ4n) is 3.52. The highest BCUT2D eigenvalue weighted by molar-refractivity contribution is 6.02. The summed E-state index contributed by atoms with van der Waals surface area (Å²) in [5, 5.41) is 0. The first-order valence-corrected chi connectivity index (χ1v) is 9.08. The molecule has 5 heteroatoms. The third-order valence-electron chi connectivity index (χ3n) is 4.95. The Bertz CT molecular complexity index is 844. The molecule has 0 saturated heterocycles. The van der Waals surface area contributed by atoms with Gasteiger partial charge in [-0.3, -0.25) is 4.79 Å². The van der Waals surface area contributed by atoms with Gasteiger partial charge < -0.3 is 19.8 Å². The number of amides is 1. The van der Waals surface area contributed by atoms with E-state index in [0.29, 0.717) is 24.5 Å². The molecule has 0 atom stereocenters. The number of hydrogen-bond acceptors (Lipinski definition) is 3. The van der Waals surface area contributed by atoms with E-state index in [1.165, 1.54) is 0 Å². The summed E-state index contributed by atoms with van der Waals surface area (Å²) in [7, 11) is 0. The zero-order chi connectivity index (χ0) is 19.1. The molecular formula is C21H28N2O3. The molecular weight excluding hydrogens is 328 g/mol. The first kappa shape index (κ1) is 18.4. The maximum Gasteiger partial charge on any atom is 0.251 e. The van der Waals surface area contributed by atoms with E-state index in [1.807, 2.05) is 32.0 Å². The van der Waals surface area contributed by atoms with Crippen molar-refractivity contribution in [3.8, 4) is 22.6 Å². The van der Waals surface area contributed by atoms with Gasteiger partial charge in [0.05, 0.1) is 5.56 Å². The van der Waals surface area contributed by atoms with Gasteiger partial charge in [0.25, 0.3) is 5.91 Å². The predicted octanol–water partition coefficient (Wildman–Crippen LogP) is 4.08. The van der Waals surface area contributed by atoms with Crippen LogP contribution in [0.1, 0.15) is 48.9 Å². The van der Waals surface area contributed by atoms with Crippen molar-refractivity contribution < 1.29 is 14.3 Å². The van der Waals surface area contributed by atoms with Crippen LogP contribution in [0.25, 0.3) is 11.1 Å². The second-order valence-corrected chi connectivity index (χ2v) is 8.11. The summed E-state index contributed by atoms with van der Waals surface area (Å²) in [6.45, 7) is 12.6. The minimum atomic E-state index is -0.398. The molecule has 5 nitrogen and oxygen atoms in total. The van der Waals surface area contributed by atoms with E-state index >= 15 is 0 Å². The molecule has 1 aliphatic heterocycles. The first-order valence-electron chi connectivity index (χ1n) is 9.08. The zero-order valence-electron chi connectivity index (χ0n) is 16.3. The van der Waals surface area contributed by atoms with Gasteiger partial charge in [-0.25, -0.2) is 0 Å². The average Bonchev–Trinajstić information content (AvgIpc) is 2.82. The molecule has 2 N–H and O–H groups in total. The van der Waals surface area contributed by atoms with Crippen LogP contribution in [0.3, 0.4) is 0 Å². The van der Waals surface area contributed by atoms with Crippen LogP contribution in [0.5, 0.6) is 11.5 Å². The molecule has 26 heavy (non-hydrogen) atoms. The van der Waals surface area contributed by atoms with Gasteiger partial charge in [0.2, 0.25) is 0 Å². The SMILES string of the molecule is Cc1c(C(N)=O)c(-c2ccc3c(c2)OCCO3)c(C)n1CCC(C)(C)C. The second kappa shape index (κ2) is 6.71. The lowest BCUT2D eigenvalue weighted by Crippen LogP contribution is -2.15. The Morgan fingerprint density at radius 3 is 2.38 bits per heavy atom. The van der Waals surface area contributed by atoms with Crippen molar-refractivity contribution in [3.63, 3.8) is 0 Å². The van der Waals surface area contributed by atoms with Crippen LogP contribution >= 0.6 is 0 Å². The summed E-state index contributed by atoms with van der Waals surface area (Å²) >= 11 is 0. The van der Waals surface area contributed by atoms with Crippen LogP contribution in [0.15, 0.2) is 18.2 Å². The second-order valence-electron chi connectivity index (χ2n) is 8.11. The van der Waals surface area contributed by atoms with Crippen LogP contribution in [0.2, 0.25) is 0 Å². The maximum absolute atomic E-state index is 12.2. The molecule has 0 bridgehead atoms. The molecule has 1 aliphatic rings. The number of fused-ring (bicyclic) bond motifs is 1. The van der Waals surface area contributed by atoms with E-state index < -0.39 is 5.91 Å². The maximum atomic E-state index is 12.2. The van der Waals surface area contributed by atoms with Crippen molar-refractivity contribution in [2.45, 2.75) is 47.6 Å². The molecule has 1 aromatic heterocycles. The number of aromatic nitrogens is 1. The molecule has 2 heterocycles. The molecule has 0 unspecified atom stereocenters. The van der Waals surface area contributed by atoms with Gasteiger partial charge in [0.15, 0.2) is 11.5 Å². The van der Waals surface area contributed by atoms with E-state index in [0.717, 1.165) is 41.2 Å². The summed E-state index contributed by atoms with van der Waals surface area (Å²) in [4.78, 5) is 12.2. The molecule has 0 saturated carbocycles. The summed E-state index contributed by atoms with van der Waals surface area (Å²) in [6, 6.07) is 5.81. The zero-order valence-corrected chi connectivity index (χ0v) is 16.3. The van der Waals surface area contributed by atoms with E-state index in [1.54, 1.807) is 0 Å². The fraction of sp³-hybridized carbons (Fsp3) is 0.476. The quantitative estimate of drug-likeness (QED) is 0.898. The molecule has 0 spiro atoms. The third kappa shape index (κ3) is 3.43. The summed E-state index contributed by atoms with van der Waals surface area (Å²) in [5.41, 5.74) is 10.3. The standard InChI is InChI=1S/C21H28N2O3/c1-13-18(15-6-7-16-17(12-15)26-11-10-25-16)19(20(22)24)14(2)23(13)9-8-21(3,4)5/h6-7,12H,8-11H2,1-5H3,(H2,22,24). The van der Waals surface area contributed by atoms with Gasteiger partial charge in [-0.2, -0.15) is 0 Å². The van der Waals surface area contributed by atoms with Crippen LogP contribution in [-0.4, -0.2) is 23.7 Å². The number of carbonyl (C=O) groups is 1. The first-order chi connectivity index (χ1) is 12.2. The lowest BCUT2D eigenvalue weighted by molar-refractivity contribution is 0.1000. The van der Waals surface area contributed by atoms with Crippen molar-refractivity contribution in [3.05, 3.63) is 35.2 Å². The van der Waals surface area contributed by atoms with Crippen molar-refractivity contribution in [2.75, 3.05) is 13.2 Å². The Hall–Kier alpha value is -2.43. The molecule has 140 valence electrons. The molecule has 1 amide bonds.